The SMILES string of the molecule is NC(=S)c1ccccc1CSCC(=O)Nc1nccs1. The van der Waals surface area contributed by atoms with Gasteiger partial charge in [0.25, 0.3) is 0 Å². The van der Waals surface area contributed by atoms with Crippen LogP contribution >= 0.6 is 35.3 Å². The van der Waals surface area contributed by atoms with E-state index in [1.165, 1.54) is 23.1 Å². The predicted molar refractivity (Wildman–Crippen MR) is 89.2 cm³/mol. The molecule has 3 N–H and O–H groups in total. The number of nitrogens with zero attached hydrogens (tertiary/aromatic N) is 1. The number of aromatic nitrogens is 1. The molecule has 1 amide bonds. The first-order valence-corrected chi connectivity index (χ1v) is 8.26. The third kappa shape index (κ3) is 4.29. The molecular weight excluding hydrogens is 310 g/mol. The summed E-state index contributed by atoms with van der Waals surface area (Å²) in [5, 5.41) is 5.19. The summed E-state index contributed by atoms with van der Waals surface area (Å²) in [6.45, 7) is 0. The minimum Gasteiger partial charge on any atom is -0.389 e. The lowest BCUT2D eigenvalue weighted by Gasteiger charge is -2.07. The van der Waals surface area contributed by atoms with E-state index in [-0.39, 0.29) is 5.91 Å². The normalized spacial score (nSPS) is 10.2. The highest BCUT2D eigenvalue weighted by molar-refractivity contribution is 7.99. The topological polar surface area (TPSA) is 68.0 Å². The van der Waals surface area contributed by atoms with Crippen molar-refractivity contribution in [1.82, 2.24) is 4.98 Å². The molecule has 104 valence electrons. The number of carbonyl (C=O) groups is 1. The number of thiazole rings is 1. The molecule has 7 heteroatoms. The van der Waals surface area contributed by atoms with Crippen LogP contribution in [0.1, 0.15) is 11.1 Å². The van der Waals surface area contributed by atoms with Gasteiger partial charge in [-0.05, 0) is 5.56 Å². The third-order valence-electron chi connectivity index (χ3n) is 2.45. The molecule has 0 aliphatic carbocycles. The van der Waals surface area contributed by atoms with Crippen LogP contribution in [-0.4, -0.2) is 21.6 Å². The molecule has 0 fully saturated rings. The van der Waals surface area contributed by atoms with Gasteiger partial charge in [-0.15, -0.1) is 23.1 Å². The van der Waals surface area contributed by atoms with Crippen LogP contribution < -0.4 is 11.1 Å². The first-order valence-electron chi connectivity index (χ1n) is 5.81. The van der Waals surface area contributed by atoms with Gasteiger partial charge in [-0.25, -0.2) is 4.98 Å². The highest BCUT2D eigenvalue weighted by Crippen LogP contribution is 2.17. The molecule has 0 radical (unpaired) electrons. The third-order valence-corrected chi connectivity index (χ3v) is 4.34. The van der Waals surface area contributed by atoms with E-state index < -0.39 is 0 Å². The van der Waals surface area contributed by atoms with E-state index in [1.807, 2.05) is 29.6 Å². The van der Waals surface area contributed by atoms with Crippen molar-refractivity contribution in [2.24, 2.45) is 5.73 Å². The van der Waals surface area contributed by atoms with Crippen LogP contribution in [0.3, 0.4) is 0 Å². The average Bonchev–Trinajstić information content (AvgIpc) is 2.92. The smallest absolute Gasteiger partial charge is 0.236 e. The first-order chi connectivity index (χ1) is 9.66. The van der Waals surface area contributed by atoms with Crippen molar-refractivity contribution in [2.45, 2.75) is 5.75 Å². The maximum absolute atomic E-state index is 11.7. The average molecular weight is 323 g/mol. The summed E-state index contributed by atoms with van der Waals surface area (Å²) in [6, 6.07) is 7.71. The molecule has 1 aromatic heterocycles. The van der Waals surface area contributed by atoms with Crippen molar-refractivity contribution < 1.29 is 4.79 Å². The lowest BCUT2D eigenvalue weighted by Crippen LogP contribution is -2.15. The zero-order valence-electron chi connectivity index (χ0n) is 10.5. The van der Waals surface area contributed by atoms with Gasteiger partial charge in [0.15, 0.2) is 5.13 Å². The number of amides is 1. The van der Waals surface area contributed by atoms with Gasteiger partial charge in [-0.1, -0.05) is 36.5 Å². The second-order valence-corrected chi connectivity index (χ2v) is 6.22. The van der Waals surface area contributed by atoms with Crippen molar-refractivity contribution >= 4 is 51.3 Å². The number of anilines is 1. The van der Waals surface area contributed by atoms with Gasteiger partial charge in [0, 0.05) is 22.9 Å². The van der Waals surface area contributed by atoms with Crippen LogP contribution in [0.4, 0.5) is 5.13 Å². The number of thioether (sulfide) groups is 1. The molecule has 2 rings (SSSR count). The van der Waals surface area contributed by atoms with E-state index in [0.717, 1.165) is 11.1 Å². The van der Waals surface area contributed by atoms with Crippen LogP contribution in [0.15, 0.2) is 35.8 Å². The summed E-state index contributed by atoms with van der Waals surface area (Å²) in [5.74, 6) is 1.00. The number of benzene rings is 1. The molecule has 0 saturated heterocycles. The Morgan fingerprint density at radius 1 is 1.45 bits per heavy atom. The Kier molecular flexibility index (Phi) is 5.51. The molecule has 4 nitrogen and oxygen atoms in total. The predicted octanol–water partition coefficient (Wildman–Crippen LogP) is 2.65. The Morgan fingerprint density at radius 3 is 2.95 bits per heavy atom. The van der Waals surface area contributed by atoms with E-state index in [9.17, 15) is 4.79 Å². The molecular formula is C13H13N3OS3. The first kappa shape index (κ1) is 15.0. The second kappa shape index (κ2) is 7.37. The van der Waals surface area contributed by atoms with Gasteiger partial charge < -0.3 is 11.1 Å². The molecule has 0 bridgehead atoms. The molecule has 0 aliphatic heterocycles. The van der Waals surface area contributed by atoms with Crippen molar-refractivity contribution in [1.29, 1.82) is 0 Å². The van der Waals surface area contributed by atoms with E-state index >= 15 is 0 Å². The molecule has 0 saturated carbocycles. The van der Waals surface area contributed by atoms with Gasteiger partial charge in [0.1, 0.15) is 4.99 Å². The molecule has 1 heterocycles. The van der Waals surface area contributed by atoms with Crippen LogP contribution in [0.2, 0.25) is 0 Å². The summed E-state index contributed by atoms with van der Waals surface area (Å²) in [6.07, 6.45) is 1.66. The molecule has 2 aromatic rings. The fourth-order valence-electron chi connectivity index (χ4n) is 1.58. The van der Waals surface area contributed by atoms with Gasteiger partial charge >= 0.3 is 0 Å². The van der Waals surface area contributed by atoms with Crippen molar-refractivity contribution in [3.05, 3.63) is 47.0 Å². The van der Waals surface area contributed by atoms with Gasteiger partial charge in [-0.2, -0.15) is 0 Å². The standard InChI is InChI=1S/C13H13N3OS3/c14-12(18)10-4-2-1-3-9(10)7-19-8-11(17)16-13-15-5-6-20-13/h1-6H,7-8H2,(H2,14,18)(H,15,16,17). The second-order valence-electron chi connectivity index (χ2n) is 3.90. The highest BCUT2D eigenvalue weighted by atomic mass is 32.2. The quantitative estimate of drug-likeness (QED) is 0.800. The molecule has 20 heavy (non-hydrogen) atoms. The number of nitrogens with one attached hydrogen (secondary N) is 1. The van der Waals surface area contributed by atoms with Crippen LogP contribution in [0.5, 0.6) is 0 Å². The lowest BCUT2D eigenvalue weighted by atomic mass is 10.1. The molecule has 0 atom stereocenters. The van der Waals surface area contributed by atoms with Crippen molar-refractivity contribution in [3.8, 4) is 0 Å². The Morgan fingerprint density at radius 2 is 2.25 bits per heavy atom. The number of carbonyl (C=O) groups excluding carboxylic acids is 1. The summed E-state index contributed by atoms with van der Waals surface area (Å²) < 4.78 is 0. The summed E-state index contributed by atoms with van der Waals surface area (Å²) in [4.78, 5) is 16.1. The Bertz CT molecular complexity index is 599. The van der Waals surface area contributed by atoms with Crippen molar-refractivity contribution in [2.75, 3.05) is 11.1 Å². The Labute approximate surface area is 130 Å². The van der Waals surface area contributed by atoms with Gasteiger partial charge in [-0.3, -0.25) is 4.79 Å². The van der Waals surface area contributed by atoms with Crippen LogP contribution in [0.25, 0.3) is 0 Å². The monoisotopic (exact) mass is 323 g/mol. The van der Waals surface area contributed by atoms with E-state index in [1.54, 1.807) is 6.20 Å². The number of hydrogen-bond acceptors (Lipinski definition) is 5. The Balaban J connectivity index is 1.84. The maximum Gasteiger partial charge on any atom is 0.236 e. The summed E-state index contributed by atoms with van der Waals surface area (Å²) in [7, 11) is 0. The van der Waals surface area contributed by atoms with Crippen molar-refractivity contribution in [3.63, 3.8) is 0 Å². The van der Waals surface area contributed by atoms with E-state index in [4.69, 9.17) is 18.0 Å². The molecule has 0 spiro atoms. The van der Waals surface area contributed by atoms with Crippen LogP contribution in [-0.2, 0) is 10.5 Å². The van der Waals surface area contributed by atoms with E-state index in [0.29, 0.717) is 21.6 Å². The lowest BCUT2D eigenvalue weighted by molar-refractivity contribution is -0.113. The number of nitrogens with two attached hydrogens (primary N) is 1. The summed E-state index contributed by atoms with van der Waals surface area (Å²) in [5.41, 5.74) is 7.59. The summed E-state index contributed by atoms with van der Waals surface area (Å²) >= 11 is 7.93. The zero-order chi connectivity index (χ0) is 14.4. The maximum atomic E-state index is 11.7. The minimum absolute atomic E-state index is 0.0576. The molecule has 0 aliphatic rings. The fraction of sp³-hybridized carbons (Fsp3) is 0.154. The van der Waals surface area contributed by atoms with Crippen LogP contribution in [0, 0.1) is 0 Å². The number of thiocarbonyl (C=S) groups is 1. The van der Waals surface area contributed by atoms with Gasteiger partial charge in [0.2, 0.25) is 5.91 Å². The zero-order valence-corrected chi connectivity index (χ0v) is 13.0. The highest BCUT2D eigenvalue weighted by Gasteiger charge is 2.07. The number of rotatable bonds is 6. The Hall–Kier alpha value is -1.44. The van der Waals surface area contributed by atoms with E-state index in [2.05, 4.69) is 10.3 Å². The number of hydrogen-bond donors (Lipinski definition) is 2. The fourth-order valence-corrected chi connectivity index (χ4v) is 3.16. The largest absolute Gasteiger partial charge is 0.389 e. The molecule has 1 aromatic carbocycles. The molecule has 0 unspecified atom stereocenters. The minimum atomic E-state index is -0.0576. The van der Waals surface area contributed by atoms with Gasteiger partial charge in [0.05, 0.1) is 5.75 Å².